The van der Waals surface area contributed by atoms with Gasteiger partial charge in [-0.05, 0) is 31.2 Å². The van der Waals surface area contributed by atoms with Crippen LogP contribution in [0.25, 0.3) is 11.3 Å². The van der Waals surface area contributed by atoms with E-state index in [0.717, 1.165) is 22.5 Å². The topological polar surface area (TPSA) is 77.7 Å². The standard InChI is InChI=1S/C17H15N3O2S/c1-11(12-4-2-6-14(21)8-12)19-20-17-18-16(10-23-17)13-5-3-7-15(22)9-13/h2-10,21-22H,1H3,(H,18,20). The van der Waals surface area contributed by atoms with Gasteiger partial charge in [-0.15, -0.1) is 11.3 Å². The number of hydrazone groups is 1. The highest BCUT2D eigenvalue weighted by molar-refractivity contribution is 7.14. The SMILES string of the molecule is CC(=NNc1nc(-c2cccc(O)c2)cs1)c1cccc(O)c1. The number of aromatic nitrogens is 1. The molecule has 2 aromatic carbocycles. The van der Waals surface area contributed by atoms with E-state index in [1.54, 1.807) is 36.4 Å². The first-order valence-electron chi connectivity index (χ1n) is 6.96. The van der Waals surface area contributed by atoms with Gasteiger partial charge in [0.25, 0.3) is 0 Å². The number of thiazole rings is 1. The number of rotatable bonds is 4. The van der Waals surface area contributed by atoms with Crippen molar-refractivity contribution in [3.63, 3.8) is 0 Å². The summed E-state index contributed by atoms with van der Waals surface area (Å²) in [5.74, 6) is 0.417. The van der Waals surface area contributed by atoms with E-state index in [4.69, 9.17) is 0 Å². The Kier molecular flexibility index (Phi) is 4.25. The molecule has 0 fully saturated rings. The van der Waals surface area contributed by atoms with Gasteiger partial charge in [-0.3, -0.25) is 5.43 Å². The van der Waals surface area contributed by atoms with Crippen LogP contribution in [0.4, 0.5) is 5.13 Å². The molecule has 1 heterocycles. The molecule has 0 atom stereocenters. The van der Waals surface area contributed by atoms with E-state index in [-0.39, 0.29) is 11.5 Å². The van der Waals surface area contributed by atoms with E-state index in [1.165, 1.54) is 11.3 Å². The van der Waals surface area contributed by atoms with E-state index < -0.39 is 0 Å². The van der Waals surface area contributed by atoms with Gasteiger partial charge in [-0.25, -0.2) is 4.98 Å². The summed E-state index contributed by atoms with van der Waals surface area (Å²) in [6.45, 7) is 1.85. The summed E-state index contributed by atoms with van der Waals surface area (Å²) in [6, 6.07) is 13.9. The lowest BCUT2D eigenvalue weighted by molar-refractivity contribution is 0.475. The fourth-order valence-electron chi connectivity index (χ4n) is 2.05. The zero-order valence-electron chi connectivity index (χ0n) is 12.4. The molecule has 0 unspecified atom stereocenters. The van der Waals surface area contributed by atoms with Gasteiger partial charge in [0, 0.05) is 16.5 Å². The number of phenols is 2. The van der Waals surface area contributed by atoms with Crippen molar-refractivity contribution >= 4 is 22.2 Å². The molecular weight excluding hydrogens is 310 g/mol. The second kappa shape index (κ2) is 6.50. The molecule has 0 aliphatic heterocycles. The number of hydrogen-bond donors (Lipinski definition) is 3. The monoisotopic (exact) mass is 325 g/mol. The molecular formula is C17H15N3O2S. The Labute approximate surface area is 137 Å². The van der Waals surface area contributed by atoms with Crippen molar-refractivity contribution in [2.45, 2.75) is 6.92 Å². The van der Waals surface area contributed by atoms with E-state index in [0.29, 0.717) is 5.13 Å². The van der Waals surface area contributed by atoms with Crippen LogP contribution >= 0.6 is 11.3 Å². The lowest BCUT2D eigenvalue weighted by Gasteiger charge is -2.02. The fourth-order valence-corrected chi connectivity index (χ4v) is 2.71. The summed E-state index contributed by atoms with van der Waals surface area (Å²) in [4.78, 5) is 4.44. The first kappa shape index (κ1) is 15.1. The van der Waals surface area contributed by atoms with Crippen molar-refractivity contribution in [1.82, 2.24) is 4.98 Å². The average molecular weight is 325 g/mol. The molecule has 0 amide bonds. The van der Waals surface area contributed by atoms with Crippen molar-refractivity contribution in [2.24, 2.45) is 5.10 Å². The predicted octanol–water partition coefficient (Wildman–Crippen LogP) is 4.06. The van der Waals surface area contributed by atoms with Gasteiger partial charge in [-0.2, -0.15) is 5.10 Å². The van der Waals surface area contributed by atoms with Crippen LogP contribution in [-0.4, -0.2) is 20.9 Å². The Morgan fingerprint density at radius 2 is 1.83 bits per heavy atom. The maximum Gasteiger partial charge on any atom is 0.203 e. The molecule has 23 heavy (non-hydrogen) atoms. The summed E-state index contributed by atoms with van der Waals surface area (Å²) < 4.78 is 0. The first-order chi connectivity index (χ1) is 11.1. The highest BCUT2D eigenvalue weighted by Crippen LogP contribution is 2.27. The quantitative estimate of drug-likeness (QED) is 0.499. The Morgan fingerprint density at radius 1 is 1.09 bits per heavy atom. The minimum absolute atomic E-state index is 0.206. The molecule has 3 rings (SSSR count). The van der Waals surface area contributed by atoms with Crippen molar-refractivity contribution < 1.29 is 10.2 Å². The van der Waals surface area contributed by atoms with Gasteiger partial charge in [0.15, 0.2) is 0 Å². The zero-order valence-corrected chi connectivity index (χ0v) is 13.2. The molecule has 0 saturated carbocycles. The second-order valence-corrected chi connectivity index (χ2v) is 5.81. The maximum absolute atomic E-state index is 9.52. The summed E-state index contributed by atoms with van der Waals surface area (Å²) in [5.41, 5.74) is 6.13. The highest BCUT2D eigenvalue weighted by Gasteiger charge is 2.05. The number of nitrogens with zero attached hydrogens (tertiary/aromatic N) is 2. The van der Waals surface area contributed by atoms with Crippen LogP contribution in [-0.2, 0) is 0 Å². The lowest BCUT2D eigenvalue weighted by Crippen LogP contribution is -1.99. The summed E-state index contributed by atoms with van der Waals surface area (Å²) in [7, 11) is 0. The third-order valence-electron chi connectivity index (χ3n) is 3.23. The van der Waals surface area contributed by atoms with Gasteiger partial charge < -0.3 is 10.2 Å². The van der Waals surface area contributed by atoms with Crippen LogP contribution in [0.1, 0.15) is 12.5 Å². The number of nitrogens with one attached hydrogen (secondary N) is 1. The van der Waals surface area contributed by atoms with Crippen LogP contribution in [0, 0.1) is 0 Å². The predicted molar refractivity (Wildman–Crippen MR) is 93.2 cm³/mol. The highest BCUT2D eigenvalue weighted by atomic mass is 32.1. The molecule has 6 heteroatoms. The van der Waals surface area contributed by atoms with Crippen LogP contribution in [0.2, 0.25) is 0 Å². The third-order valence-corrected chi connectivity index (χ3v) is 3.98. The van der Waals surface area contributed by atoms with Gasteiger partial charge in [0.1, 0.15) is 11.5 Å². The fraction of sp³-hybridized carbons (Fsp3) is 0.0588. The molecule has 3 aromatic rings. The Balaban J connectivity index is 1.75. The van der Waals surface area contributed by atoms with Crippen LogP contribution in [0.5, 0.6) is 11.5 Å². The Morgan fingerprint density at radius 3 is 2.57 bits per heavy atom. The van der Waals surface area contributed by atoms with E-state index in [2.05, 4.69) is 15.5 Å². The van der Waals surface area contributed by atoms with Crippen LogP contribution in [0.15, 0.2) is 59.0 Å². The van der Waals surface area contributed by atoms with E-state index in [1.807, 2.05) is 24.4 Å². The minimum Gasteiger partial charge on any atom is -0.508 e. The van der Waals surface area contributed by atoms with Gasteiger partial charge in [-0.1, -0.05) is 24.3 Å². The van der Waals surface area contributed by atoms with Crippen molar-refractivity contribution in [3.8, 4) is 22.8 Å². The van der Waals surface area contributed by atoms with Crippen molar-refractivity contribution in [1.29, 1.82) is 0 Å². The van der Waals surface area contributed by atoms with E-state index in [9.17, 15) is 10.2 Å². The molecule has 0 spiro atoms. The molecule has 1 aromatic heterocycles. The van der Waals surface area contributed by atoms with Gasteiger partial charge >= 0.3 is 0 Å². The molecule has 3 N–H and O–H groups in total. The molecule has 0 aliphatic carbocycles. The van der Waals surface area contributed by atoms with E-state index >= 15 is 0 Å². The van der Waals surface area contributed by atoms with Gasteiger partial charge in [0.05, 0.1) is 11.4 Å². The Bertz CT molecular complexity index is 858. The Hall–Kier alpha value is -2.86. The molecule has 0 aliphatic rings. The summed E-state index contributed by atoms with van der Waals surface area (Å²) >= 11 is 1.43. The maximum atomic E-state index is 9.52. The smallest absolute Gasteiger partial charge is 0.203 e. The largest absolute Gasteiger partial charge is 0.508 e. The zero-order chi connectivity index (χ0) is 16.2. The number of aromatic hydroxyl groups is 2. The minimum atomic E-state index is 0.206. The third kappa shape index (κ3) is 3.67. The molecule has 5 nitrogen and oxygen atoms in total. The number of hydrogen-bond acceptors (Lipinski definition) is 6. The number of phenolic OH excluding ortho intramolecular Hbond substituents is 2. The van der Waals surface area contributed by atoms with Gasteiger partial charge in [0.2, 0.25) is 5.13 Å². The summed E-state index contributed by atoms with van der Waals surface area (Å²) in [6.07, 6.45) is 0. The second-order valence-electron chi connectivity index (χ2n) is 4.95. The molecule has 0 saturated heterocycles. The normalized spacial score (nSPS) is 11.4. The summed E-state index contributed by atoms with van der Waals surface area (Å²) in [5, 5.41) is 25.9. The van der Waals surface area contributed by atoms with Crippen molar-refractivity contribution in [3.05, 3.63) is 59.5 Å². The molecule has 0 radical (unpaired) electrons. The number of anilines is 1. The van der Waals surface area contributed by atoms with Crippen LogP contribution < -0.4 is 5.43 Å². The first-order valence-corrected chi connectivity index (χ1v) is 7.84. The lowest BCUT2D eigenvalue weighted by atomic mass is 10.1. The number of benzene rings is 2. The molecule has 116 valence electrons. The average Bonchev–Trinajstić information content (AvgIpc) is 3.01. The van der Waals surface area contributed by atoms with Crippen molar-refractivity contribution in [2.75, 3.05) is 5.43 Å². The van der Waals surface area contributed by atoms with Crippen LogP contribution in [0.3, 0.4) is 0 Å². The molecule has 0 bridgehead atoms.